The largest absolute Gasteiger partial charge is 0.354 e. The van der Waals surface area contributed by atoms with E-state index in [1.54, 1.807) is 11.8 Å². The van der Waals surface area contributed by atoms with E-state index in [9.17, 15) is 4.79 Å². The van der Waals surface area contributed by atoms with Crippen molar-refractivity contribution >= 4 is 23.3 Å². The molecule has 0 aliphatic rings. The van der Waals surface area contributed by atoms with Crippen molar-refractivity contribution in [2.24, 2.45) is 0 Å². The molecule has 132 valence electrons. The monoisotopic (exact) mass is 357 g/mol. The maximum absolute atomic E-state index is 12.4. The molecule has 3 heterocycles. The molecule has 3 rings (SSSR count). The van der Waals surface area contributed by atoms with Crippen molar-refractivity contribution in [3.63, 3.8) is 0 Å². The SMILES string of the molecule is CSCC[C@H](NC(=O)CCCn1cccc1)c1nnc2ccccn12. The minimum absolute atomic E-state index is 0.0611. The van der Waals surface area contributed by atoms with Gasteiger partial charge >= 0.3 is 0 Å². The molecule has 0 bridgehead atoms. The Kier molecular flexibility index (Phi) is 6.11. The zero-order valence-corrected chi connectivity index (χ0v) is 15.2. The molecule has 6 nitrogen and oxygen atoms in total. The van der Waals surface area contributed by atoms with E-state index < -0.39 is 0 Å². The molecule has 1 amide bonds. The molecule has 0 aliphatic carbocycles. The van der Waals surface area contributed by atoms with Gasteiger partial charge in [0.25, 0.3) is 0 Å². The zero-order chi connectivity index (χ0) is 17.5. The lowest BCUT2D eigenvalue weighted by atomic mass is 10.2. The Morgan fingerprint density at radius 3 is 2.80 bits per heavy atom. The van der Waals surface area contributed by atoms with Crippen LogP contribution in [0.5, 0.6) is 0 Å². The third kappa shape index (κ3) is 4.63. The predicted octanol–water partition coefficient (Wildman–Crippen LogP) is 2.92. The zero-order valence-electron chi connectivity index (χ0n) is 14.3. The van der Waals surface area contributed by atoms with E-state index in [1.807, 2.05) is 53.3 Å². The molecule has 0 aliphatic heterocycles. The van der Waals surface area contributed by atoms with Crippen LogP contribution in [-0.2, 0) is 11.3 Å². The van der Waals surface area contributed by atoms with Crippen molar-refractivity contribution < 1.29 is 4.79 Å². The second-order valence-electron chi connectivity index (χ2n) is 5.91. The smallest absolute Gasteiger partial charge is 0.220 e. The van der Waals surface area contributed by atoms with E-state index in [1.165, 1.54) is 0 Å². The van der Waals surface area contributed by atoms with Gasteiger partial charge in [-0.1, -0.05) is 6.07 Å². The summed E-state index contributed by atoms with van der Waals surface area (Å²) in [6.45, 7) is 0.851. The number of hydrogen-bond acceptors (Lipinski definition) is 4. The van der Waals surface area contributed by atoms with Gasteiger partial charge in [0.2, 0.25) is 5.91 Å². The van der Waals surface area contributed by atoms with Gasteiger partial charge in [-0.2, -0.15) is 11.8 Å². The summed E-state index contributed by atoms with van der Waals surface area (Å²) < 4.78 is 4.04. The maximum Gasteiger partial charge on any atom is 0.220 e. The second kappa shape index (κ2) is 8.71. The number of amides is 1. The van der Waals surface area contributed by atoms with E-state index in [0.29, 0.717) is 6.42 Å². The molecule has 3 aromatic heterocycles. The number of aromatic nitrogens is 4. The molecule has 0 spiro atoms. The van der Waals surface area contributed by atoms with Gasteiger partial charge in [-0.3, -0.25) is 9.20 Å². The summed E-state index contributed by atoms with van der Waals surface area (Å²) in [5.74, 6) is 1.81. The van der Waals surface area contributed by atoms with Crippen molar-refractivity contribution in [1.29, 1.82) is 0 Å². The van der Waals surface area contributed by atoms with Gasteiger partial charge in [0, 0.05) is 31.6 Å². The molecule has 25 heavy (non-hydrogen) atoms. The molecular weight excluding hydrogens is 334 g/mol. The van der Waals surface area contributed by atoms with Crippen LogP contribution in [0.15, 0.2) is 48.9 Å². The van der Waals surface area contributed by atoms with E-state index in [0.717, 1.165) is 36.6 Å². The Hall–Kier alpha value is -2.28. The second-order valence-corrected chi connectivity index (χ2v) is 6.90. The summed E-state index contributed by atoms with van der Waals surface area (Å²) in [5.41, 5.74) is 0.800. The van der Waals surface area contributed by atoms with Crippen LogP contribution < -0.4 is 5.32 Å². The Morgan fingerprint density at radius 1 is 1.20 bits per heavy atom. The molecule has 0 fully saturated rings. The van der Waals surface area contributed by atoms with Crippen molar-refractivity contribution in [1.82, 2.24) is 24.5 Å². The fourth-order valence-electron chi connectivity index (χ4n) is 2.81. The van der Waals surface area contributed by atoms with Gasteiger partial charge in [0.15, 0.2) is 11.5 Å². The van der Waals surface area contributed by atoms with Gasteiger partial charge in [-0.15, -0.1) is 10.2 Å². The van der Waals surface area contributed by atoms with E-state index in [4.69, 9.17) is 0 Å². The Labute approximate surface area is 151 Å². The Morgan fingerprint density at radius 2 is 2.00 bits per heavy atom. The number of aryl methyl sites for hydroxylation is 1. The van der Waals surface area contributed by atoms with Gasteiger partial charge in [-0.25, -0.2) is 0 Å². The highest BCUT2D eigenvalue weighted by molar-refractivity contribution is 7.98. The number of carbonyl (C=O) groups is 1. The molecule has 1 atom stereocenters. The standard InChI is InChI=1S/C18H23N5OS/c1-25-14-9-15(18-21-20-16-7-2-3-13-23(16)18)19-17(24)8-6-12-22-10-4-5-11-22/h2-5,7,10-11,13,15H,6,8-9,12,14H2,1H3,(H,19,24)/t15-/m0/s1. The van der Waals surface area contributed by atoms with Crippen molar-refractivity contribution in [3.8, 4) is 0 Å². The van der Waals surface area contributed by atoms with Crippen molar-refractivity contribution in [2.45, 2.75) is 31.8 Å². The first-order valence-corrected chi connectivity index (χ1v) is 9.86. The van der Waals surface area contributed by atoms with Crippen LogP contribution in [-0.4, -0.2) is 37.1 Å². The van der Waals surface area contributed by atoms with Gasteiger partial charge < -0.3 is 9.88 Å². The van der Waals surface area contributed by atoms with Crippen LogP contribution in [0.3, 0.4) is 0 Å². The van der Waals surface area contributed by atoms with E-state index in [2.05, 4.69) is 26.3 Å². The third-order valence-electron chi connectivity index (χ3n) is 4.08. The Bertz CT molecular complexity index is 799. The number of pyridine rings is 1. The fraction of sp³-hybridized carbons (Fsp3) is 0.389. The van der Waals surface area contributed by atoms with Gasteiger partial charge in [-0.05, 0) is 49.1 Å². The van der Waals surface area contributed by atoms with Crippen LogP contribution in [0.1, 0.15) is 31.1 Å². The lowest BCUT2D eigenvalue weighted by molar-refractivity contribution is -0.122. The minimum Gasteiger partial charge on any atom is -0.354 e. The molecular formula is C18H23N5OS. The lowest BCUT2D eigenvalue weighted by Gasteiger charge is -2.17. The van der Waals surface area contributed by atoms with Gasteiger partial charge in [0.05, 0.1) is 6.04 Å². The topological polar surface area (TPSA) is 64.2 Å². The van der Waals surface area contributed by atoms with Crippen molar-refractivity contribution in [2.75, 3.05) is 12.0 Å². The fourth-order valence-corrected chi connectivity index (χ4v) is 3.28. The lowest BCUT2D eigenvalue weighted by Crippen LogP contribution is -2.30. The van der Waals surface area contributed by atoms with Crippen LogP contribution in [0.2, 0.25) is 0 Å². The summed E-state index contributed by atoms with van der Waals surface area (Å²) in [5, 5.41) is 11.7. The number of nitrogens with zero attached hydrogens (tertiary/aromatic N) is 4. The summed E-state index contributed by atoms with van der Waals surface area (Å²) in [6.07, 6.45) is 10.2. The normalized spacial score (nSPS) is 12.4. The average Bonchev–Trinajstić information content (AvgIpc) is 3.28. The van der Waals surface area contributed by atoms with Crippen molar-refractivity contribution in [3.05, 3.63) is 54.7 Å². The number of fused-ring (bicyclic) bond motifs is 1. The molecule has 0 unspecified atom stereocenters. The van der Waals surface area contributed by atoms with E-state index >= 15 is 0 Å². The summed E-state index contributed by atoms with van der Waals surface area (Å²) in [4.78, 5) is 12.4. The molecule has 0 saturated carbocycles. The number of nitrogens with one attached hydrogen (secondary N) is 1. The van der Waals surface area contributed by atoms with Crippen LogP contribution in [0.25, 0.3) is 5.65 Å². The van der Waals surface area contributed by atoms with E-state index in [-0.39, 0.29) is 11.9 Å². The summed E-state index contributed by atoms with van der Waals surface area (Å²) in [7, 11) is 0. The number of carbonyl (C=O) groups excluding carboxylic acids is 1. The first kappa shape index (κ1) is 17.5. The Balaban J connectivity index is 1.63. The quantitative estimate of drug-likeness (QED) is 0.639. The molecule has 0 radical (unpaired) electrons. The highest BCUT2D eigenvalue weighted by atomic mass is 32.2. The molecule has 0 saturated heterocycles. The maximum atomic E-state index is 12.4. The highest BCUT2D eigenvalue weighted by Gasteiger charge is 2.19. The summed E-state index contributed by atoms with van der Waals surface area (Å²) >= 11 is 1.76. The summed E-state index contributed by atoms with van der Waals surface area (Å²) in [6, 6.07) is 9.67. The number of hydrogen-bond donors (Lipinski definition) is 1. The third-order valence-corrected chi connectivity index (χ3v) is 4.73. The minimum atomic E-state index is -0.121. The molecule has 1 N–H and O–H groups in total. The molecule has 3 aromatic rings. The van der Waals surface area contributed by atoms with Crippen LogP contribution >= 0.6 is 11.8 Å². The molecule has 7 heteroatoms. The first-order valence-electron chi connectivity index (χ1n) is 8.46. The van der Waals surface area contributed by atoms with Crippen LogP contribution in [0.4, 0.5) is 0 Å². The number of rotatable bonds is 9. The van der Waals surface area contributed by atoms with Gasteiger partial charge in [0.1, 0.15) is 0 Å². The van der Waals surface area contributed by atoms with Crippen LogP contribution in [0, 0.1) is 0 Å². The highest BCUT2D eigenvalue weighted by Crippen LogP contribution is 2.18. The predicted molar refractivity (Wildman–Crippen MR) is 101 cm³/mol. The number of thioether (sulfide) groups is 1. The molecule has 0 aromatic carbocycles. The average molecular weight is 357 g/mol. The first-order chi connectivity index (χ1) is 12.3.